The fourth-order valence-corrected chi connectivity index (χ4v) is 4.68. The predicted octanol–water partition coefficient (Wildman–Crippen LogP) is 4.13. The molecule has 4 rings (SSSR count). The molecule has 170 valence electrons. The highest BCUT2D eigenvalue weighted by molar-refractivity contribution is 5.77. The van der Waals surface area contributed by atoms with Gasteiger partial charge in [-0.2, -0.15) is 0 Å². The van der Waals surface area contributed by atoms with Crippen LogP contribution >= 0.6 is 0 Å². The second-order valence-electron chi connectivity index (χ2n) is 8.63. The molecule has 0 N–H and O–H groups in total. The Labute approximate surface area is 185 Å². The minimum atomic E-state index is 0.385. The summed E-state index contributed by atoms with van der Waals surface area (Å²) in [6, 6.07) is 8.23. The zero-order valence-electron chi connectivity index (χ0n) is 19.0. The first-order chi connectivity index (χ1) is 15.3. The van der Waals surface area contributed by atoms with Gasteiger partial charge < -0.3 is 18.6 Å². The van der Waals surface area contributed by atoms with E-state index in [-0.39, 0.29) is 0 Å². The van der Waals surface area contributed by atoms with E-state index in [2.05, 4.69) is 22.0 Å². The number of morpholine rings is 1. The summed E-state index contributed by atoms with van der Waals surface area (Å²) in [4.78, 5) is 6.97. The van der Waals surface area contributed by atoms with Crippen molar-refractivity contribution in [3.8, 4) is 5.75 Å². The summed E-state index contributed by atoms with van der Waals surface area (Å²) in [6.07, 6.45) is 6.93. The van der Waals surface area contributed by atoms with Crippen LogP contribution in [0, 0.1) is 0 Å². The maximum atomic E-state index is 6.36. The van der Waals surface area contributed by atoms with Gasteiger partial charge in [0.15, 0.2) is 0 Å². The van der Waals surface area contributed by atoms with Crippen LogP contribution in [0.4, 0.5) is 0 Å². The highest BCUT2D eigenvalue weighted by Crippen LogP contribution is 2.34. The number of hydrogen-bond acceptors (Lipinski definition) is 6. The summed E-state index contributed by atoms with van der Waals surface area (Å²) in [7, 11) is 3.66. The molecular formula is C25H36N2O4. The number of ether oxygens (including phenoxy) is 3. The van der Waals surface area contributed by atoms with E-state index in [4.69, 9.17) is 18.6 Å². The van der Waals surface area contributed by atoms with Gasteiger partial charge in [-0.3, -0.25) is 9.89 Å². The quantitative estimate of drug-likeness (QED) is 0.592. The minimum absolute atomic E-state index is 0.385. The summed E-state index contributed by atoms with van der Waals surface area (Å²) in [6.45, 7) is 5.66. The molecule has 1 aliphatic heterocycles. The van der Waals surface area contributed by atoms with Crippen LogP contribution in [0.3, 0.4) is 0 Å². The number of benzene rings is 1. The average molecular weight is 429 g/mol. The molecule has 6 heteroatoms. The highest BCUT2D eigenvalue weighted by atomic mass is 16.5. The third-order valence-electron chi connectivity index (χ3n) is 6.63. The zero-order chi connectivity index (χ0) is 21.5. The Morgan fingerprint density at radius 2 is 1.87 bits per heavy atom. The van der Waals surface area contributed by atoms with Crippen LogP contribution < -0.4 is 10.1 Å². The number of rotatable bonds is 8. The maximum absolute atomic E-state index is 6.36. The van der Waals surface area contributed by atoms with Gasteiger partial charge in [0, 0.05) is 50.7 Å². The number of unbranched alkanes of at least 4 members (excludes halogenated alkanes) is 1. The van der Waals surface area contributed by atoms with Gasteiger partial charge in [-0.15, -0.1) is 0 Å². The standard InChI is InChI=1S/C25H36N2O4/c1-26-23-18-24(19-5-7-20(28-2)8-6-19)31-25-17-21(9-10-22(23)25)30-14-4-3-11-27-12-15-29-16-13-27/h9-10,17-20H,3-8,11-16H2,1-2H3. The lowest BCUT2D eigenvalue weighted by atomic mass is 9.85. The Bertz CT molecular complexity index is 896. The minimum Gasteiger partial charge on any atom is -0.493 e. The summed E-state index contributed by atoms with van der Waals surface area (Å²) in [5.74, 6) is 2.33. The monoisotopic (exact) mass is 428 g/mol. The molecule has 1 aromatic carbocycles. The normalized spacial score (nSPS) is 23.4. The molecule has 0 bridgehead atoms. The van der Waals surface area contributed by atoms with Crippen molar-refractivity contribution in [3.63, 3.8) is 0 Å². The molecule has 2 aromatic rings. The van der Waals surface area contributed by atoms with E-state index in [9.17, 15) is 0 Å². The second-order valence-corrected chi connectivity index (χ2v) is 8.63. The van der Waals surface area contributed by atoms with Gasteiger partial charge in [0.2, 0.25) is 0 Å². The molecule has 6 nitrogen and oxygen atoms in total. The van der Waals surface area contributed by atoms with Gasteiger partial charge in [-0.1, -0.05) is 0 Å². The van der Waals surface area contributed by atoms with Gasteiger partial charge in [0.05, 0.1) is 31.3 Å². The summed E-state index contributed by atoms with van der Waals surface area (Å²) in [5.41, 5.74) is 0.859. The van der Waals surface area contributed by atoms with Crippen molar-refractivity contribution in [2.75, 3.05) is 53.6 Å². The third kappa shape index (κ3) is 5.88. The van der Waals surface area contributed by atoms with Gasteiger partial charge >= 0.3 is 0 Å². The predicted molar refractivity (Wildman–Crippen MR) is 122 cm³/mol. The van der Waals surface area contributed by atoms with Gasteiger partial charge in [0.25, 0.3) is 0 Å². The maximum Gasteiger partial charge on any atom is 0.140 e. The lowest BCUT2D eigenvalue weighted by Gasteiger charge is -2.27. The van der Waals surface area contributed by atoms with Crippen molar-refractivity contribution in [1.29, 1.82) is 0 Å². The third-order valence-corrected chi connectivity index (χ3v) is 6.63. The second kappa shape index (κ2) is 11.1. The molecule has 2 aliphatic rings. The smallest absolute Gasteiger partial charge is 0.140 e. The molecule has 0 radical (unpaired) electrons. The molecule has 0 unspecified atom stereocenters. The molecule has 2 fully saturated rings. The Hall–Kier alpha value is -1.89. The Balaban J connectivity index is 1.37. The zero-order valence-corrected chi connectivity index (χ0v) is 19.0. The van der Waals surface area contributed by atoms with E-state index in [0.717, 1.165) is 106 Å². The van der Waals surface area contributed by atoms with Gasteiger partial charge in [0.1, 0.15) is 17.1 Å². The lowest BCUT2D eigenvalue weighted by Crippen LogP contribution is -2.36. The highest BCUT2D eigenvalue weighted by Gasteiger charge is 2.24. The molecule has 2 heterocycles. The Morgan fingerprint density at radius 3 is 2.61 bits per heavy atom. The fraction of sp³-hybridized carbons (Fsp3) is 0.640. The van der Waals surface area contributed by atoms with Crippen molar-refractivity contribution in [1.82, 2.24) is 4.90 Å². The Morgan fingerprint density at radius 1 is 1.06 bits per heavy atom. The Kier molecular flexibility index (Phi) is 8.00. The molecular weight excluding hydrogens is 392 g/mol. The van der Waals surface area contributed by atoms with Crippen LogP contribution in [0.15, 0.2) is 33.7 Å². The number of hydrogen-bond donors (Lipinski definition) is 0. The molecule has 0 spiro atoms. The SMILES string of the molecule is CN=c1cc(C2CCC(OC)CC2)oc2cc(OCCCCN3CCOCC3)ccc12. The van der Waals surface area contributed by atoms with Crippen molar-refractivity contribution >= 4 is 11.0 Å². The van der Waals surface area contributed by atoms with Crippen LogP contribution in [-0.2, 0) is 9.47 Å². The fourth-order valence-electron chi connectivity index (χ4n) is 4.68. The van der Waals surface area contributed by atoms with Crippen LogP contribution in [0.25, 0.3) is 11.0 Å². The number of fused-ring (bicyclic) bond motifs is 1. The van der Waals surface area contributed by atoms with Crippen LogP contribution in [0.5, 0.6) is 5.75 Å². The van der Waals surface area contributed by atoms with Crippen LogP contribution in [0.2, 0.25) is 0 Å². The van der Waals surface area contributed by atoms with Crippen molar-refractivity contribution in [2.45, 2.75) is 50.5 Å². The van der Waals surface area contributed by atoms with Crippen molar-refractivity contribution < 1.29 is 18.6 Å². The molecule has 1 saturated heterocycles. The van der Waals surface area contributed by atoms with E-state index in [0.29, 0.717) is 12.0 Å². The summed E-state index contributed by atoms with van der Waals surface area (Å²) >= 11 is 0. The van der Waals surface area contributed by atoms with E-state index in [1.807, 2.05) is 26.3 Å². The van der Waals surface area contributed by atoms with E-state index >= 15 is 0 Å². The summed E-state index contributed by atoms with van der Waals surface area (Å²) in [5, 5.41) is 2.03. The van der Waals surface area contributed by atoms with Gasteiger partial charge in [-0.25, -0.2) is 0 Å². The molecule has 1 saturated carbocycles. The lowest BCUT2D eigenvalue weighted by molar-refractivity contribution is 0.0368. The van der Waals surface area contributed by atoms with E-state index < -0.39 is 0 Å². The summed E-state index contributed by atoms with van der Waals surface area (Å²) < 4.78 is 23.3. The topological polar surface area (TPSA) is 56.4 Å². The van der Waals surface area contributed by atoms with Gasteiger partial charge in [-0.05, 0) is 57.2 Å². The first-order valence-electron chi connectivity index (χ1n) is 11.7. The first kappa shape index (κ1) is 22.3. The number of nitrogens with zero attached hydrogens (tertiary/aromatic N) is 2. The van der Waals surface area contributed by atoms with E-state index in [1.54, 1.807) is 0 Å². The first-order valence-corrected chi connectivity index (χ1v) is 11.7. The van der Waals surface area contributed by atoms with Crippen LogP contribution in [-0.4, -0.2) is 64.6 Å². The molecule has 1 aliphatic carbocycles. The van der Waals surface area contributed by atoms with Crippen LogP contribution in [0.1, 0.15) is 50.2 Å². The molecule has 31 heavy (non-hydrogen) atoms. The van der Waals surface area contributed by atoms with Crippen molar-refractivity contribution in [2.24, 2.45) is 4.99 Å². The molecule has 0 atom stereocenters. The molecule has 0 amide bonds. The molecule has 1 aromatic heterocycles. The van der Waals surface area contributed by atoms with E-state index in [1.165, 1.54) is 0 Å². The van der Waals surface area contributed by atoms with Crippen molar-refractivity contribution in [3.05, 3.63) is 35.4 Å². The largest absolute Gasteiger partial charge is 0.493 e. The average Bonchev–Trinajstić information content (AvgIpc) is 2.83. The number of methoxy groups -OCH3 is 1.